The highest BCUT2D eigenvalue weighted by Gasteiger charge is 2.27. The second-order valence-corrected chi connectivity index (χ2v) is 12.3. The number of carbonyl (C=O) groups is 1. The Morgan fingerprint density at radius 2 is 1.63 bits per heavy atom. The Kier molecular flexibility index (Phi) is 8.77. The number of halogens is 1. The standard InChI is InChI=1S/C31H31ClN2O6S/c1-2-26(31(36)33-23-15-17-24(18-16-23)41(37,38)34-19-7-3-4-8-20-34)39-30-28(35)25-9-5-6-10-27(25)40-29(30)21-11-13-22(32)14-12-21/h5-6,9-18,26H,2-4,7-8,19-20H2,1H3,(H,33,36). The summed E-state index contributed by atoms with van der Waals surface area (Å²) in [6.45, 7) is 2.79. The molecule has 1 aliphatic heterocycles. The summed E-state index contributed by atoms with van der Waals surface area (Å²) in [6.07, 6.45) is 2.99. The van der Waals surface area contributed by atoms with Crippen molar-refractivity contribution >= 4 is 44.2 Å². The highest BCUT2D eigenvalue weighted by molar-refractivity contribution is 7.89. The van der Waals surface area contributed by atoms with Crippen molar-refractivity contribution < 1.29 is 22.4 Å². The van der Waals surface area contributed by atoms with E-state index >= 15 is 0 Å². The van der Waals surface area contributed by atoms with Crippen molar-refractivity contribution in [3.05, 3.63) is 88.0 Å². The number of hydrogen-bond acceptors (Lipinski definition) is 6. The maximum atomic E-state index is 13.5. The van der Waals surface area contributed by atoms with Crippen LogP contribution in [0, 0.1) is 0 Å². The van der Waals surface area contributed by atoms with E-state index in [0.717, 1.165) is 25.7 Å². The summed E-state index contributed by atoms with van der Waals surface area (Å²) < 4.78 is 39.9. The van der Waals surface area contributed by atoms with E-state index in [2.05, 4.69) is 5.32 Å². The summed E-state index contributed by atoms with van der Waals surface area (Å²) in [7, 11) is -3.61. The van der Waals surface area contributed by atoms with Gasteiger partial charge in [-0.25, -0.2) is 8.42 Å². The first-order valence-electron chi connectivity index (χ1n) is 13.7. The highest BCUT2D eigenvalue weighted by Crippen LogP contribution is 2.32. The van der Waals surface area contributed by atoms with Crippen molar-refractivity contribution in [2.45, 2.75) is 50.0 Å². The second-order valence-electron chi connectivity index (χ2n) is 9.94. The summed E-state index contributed by atoms with van der Waals surface area (Å²) in [6, 6.07) is 19.7. The normalized spacial score (nSPS) is 15.3. The SMILES string of the molecule is CCC(Oc1c(-c2ccc(Cl)cc2)oc2ccccc2c1=O)C(=O)Nc1ccc(S(=O)(=O)N2CCCCCC2)cc1. The van der Waals surface area contributed by atoms with Crippen LogP contribution >= 0.6 is 11.6 Å². The number of sulfonamides is 1. The molecule has 5 rings (SSSR count). The number of hydrogen-bond donors (Lipinski definition) is 1. The molecule has 1 aromatic heterocycles. The van der Waals surface area contributed by atoms with Crippen molar-refractivity contribution in [3.8, 4) is 17.1 Å². The minimum Gasteiger partial charge on any atom is -0.473 e. The van der Waals surface area contributed by atoms with Crippen LogP contribution < -0.4 is 15.5 Å². The molecule has 0 saturated carbocycles. The molecule has 3 aromatic carbocycles. The predicted molar refractivity (Wildman–Crippen MR) is 160 cm³/mol. The van der Waals surface area contributed by atoms with Crippen LogP contribution in [0.5, 0.6) is 5.75 Å². The van der Waals surface area contributed by atoms with Crippen LogP contribution in [-0.2, 0) is 14.8 Å². The first-order valence-corrected chi connectivity index (χ1v) is 15.5. The number of rotatable bonds is 8. The Labute approximate surface area is 243 Å². The van der Waals surface area contributed by atoms with Crippen LogP contribution in [0.3, 0.4) is 0 Å². The average molecular weight is 595 g/mol. The molecule has 1 atom stereocenters. The number of benzene rings is 3. The van der Waals surface area contributed by atoms with Gasteiger partial charge in [0.15, 0.2) is 11.9 Å². The summed E-state index contributed by atoms with van der Waals surface area (Å²) in [5.74, 6) is -0.364. The molecule has 0 aliphatic carbocycles. The van der Waals surface area contributed by atoms with Crippen LogP contribution in [0.4, 0.5) is 5.69 Å². The van der Waals surface area contributed by atoms with E-state index in [0.29, 0.717) is 40.3 Å². The quantitative estimate of drug-likeness (QED) is 0.250. The molecular formula is C31H31ClN2O6S. The summed E-state index contributed by atoms with van der Waals surface area (Å²) in [4.78, 5) is 27.0. The Hall–Kier alpha value is -3.66. The van der Waals surface area contributed by atoms with Crippen LogP contribution in [-0.4, -0.2) is 37.8 Å². The molecule has 1 saturated heterocycles. The van der Waals surface area contributed by atoms with Gasteiger partial charge in [0, 0.05) is 29.4 Å². The largest absolute Gasteiger partial charge is 0.473 e. The van der Waals surface area contributed by atoms with E-state index in [1.807, 2.05) is 0 Å². The van der Waals surface area contributed by atoms with E-state index in [-0.39, 0.29) is 22.8 Å². The molecule has 10 heteroatoms. The third-order valence-corrected chi connectivity index (χ3v) is 9.28. The molecule has 1 unspecified atom stereocenters. The van der Waals surface area contributed by atoms with Gasteiger partial charge in [-0.3, -0.25) is 9.59 Å². The predicted octanol–water partition coefficient (Wildman–Crippen LogP) is 6.47. The molecule has 0 bridgehead atoms. The van der Waals surface area contributed by atoms with E-state index < -0.39 is 27.5 Å². The van der Waals surface area contributed by atoms with Gasteiger partial charge in [0.2, 0.25) is 21.2 Å². The Balaban J connectivity index is 1.38. The highest BCUT2D eigenvalue weighted by atomic mass is 35.5. The van der Waals surface area contributed by atoms with Gasteiger partial charge in [0.25, 0.3) is 5.91 Å². The fourth-order valence-corrected chi connectivity index (χ4v) is 6.49. The van der Waals surface area contributed by atoms with Gasteiger partial charge in [0.1, 0.15) is 5.58 Å². The third-order valence-electron chi connectivity index (χ3n) is 7.11. The number of ether oxygens (including phenoxy) is 1. The first kappa shape index (κ1) is 28.9. The third kappa shape index (κ3) is 6.32. The van der Waals surface area contributed by atoms with E-state index in [9.17, 15) is 18.0 Å². The Morgan fingerprint density at radius 1 is 0.976 bits per heavy atom. The lowest BCUT2D eigenvalue weighted by Crippen LogP contribution is -2.34. The number of anilines is 1. The molecule has 1 N–H and O–H groups in total. The van der Waals surface area contributed by atoms with E-state index in [4.69, 9.17) is 20.8 Å². The zero-order valence-electron chi connectivity index (χ0n) is 22.6. The average Bonchev–Trinajstić information content (AvgIpc) is 3.28. The molecule has 2 heterocycles. The smallest absolute Gasteiger partial charge is 0.265 e. The van der Waals surface area contributed by atoms with Crippen LogP contribution in [0.2, 0.25) is 5.02 Å². The number of nitrogens with one attached hydrogen (secondary N) is 1. The second kappa shape index (κ2) is 12.5. The van der Waals surface area contributed by atoms with Crippen LogP contribution in [0.15, 0.2) is 86.9 Å². The summed E-state index contributed by atoms with van der Waals surface area (Å²) >= 11 is 6.06. The van der Waals surface area contributed by atoms with E-state index in [1.165, 1.54) is 16.4 Å². The number of nitrogens with zero attached hydrogens (tertiary/aromatic N) is 1. The zero-order chi connectivity index (χ0) is 29.0. The first-order chi connectivity index (χ1) is 19.8. The fourth-order valence-electron chi connectivity index (χ4n) is 4.85. The van der Waals surface area contributed by atoms with Gasteiger partial charge in [-0.2, -0.15) is 4.31 Å². The Morgan fingerprint density at radius 3 is 2.29 bits per heavy atom. The molecule has 0 radical (unpaired) electrons. The molecule has 1 fully saturated rings. The van der Waals surface area contributed by atoms with Crippen molar-refractivity contribution in [2.75, 3.05) is 18.4 Å². The summed E-state index contributed by atoms with van der Waals surface area (Å²) in [5, 5.41) is 3.64. The minimum absolute atomic E-state index is 0.0769. The van der Waals surface area contributed by atoms with Crippen molar-refractivity contribution in [3.63, 3.8) is 0 Å². The van der Waals surface area contributed by atoms with Gasteiger partial charge < -0.3 is 14.5 Å². The van der Waals surface area contributed by atoms with E-state index in [1.54, 1.807) is 67.6 Å². The molecule has 1 amide bonds. The lowest BCUT2D eigenvalue weighted by Gasteiger charge is -2.20. The maximum Gasteiger partial charge on any atom is 0.265 e. The van der Waals surface area contributed by atoms with Gasteiger partial charge >= 0.3 is 0 Å². The molecule has 214 valence electrons. The van der Waals surface area contributed by atoms with Crippen molar-refractivity contribution in [1.29, 1.82) is 0 Å². The van der Waals surface area contributed by atoms with Crippen LogP contribution in [0.25, 0.3) is 22.3 Å². The number of carbonyl (C=O) groups excluding carboxylic acids is 1. The molecule has 1 aliphatic rings. The molecule has 8 nitrogen and oxygen atoms in total. The molecule has 0 spiro atoms. The fraction of sp³-hybridized carbons (Fsp3) is 0.290. The monoisotopic (exact) mass is 594 g/mol. The lowest BCUT2D eigenvalue weighted by atomic mass is 10.1. The van der Waals surface area contributed by atoms with Crippen molar-refractivity contribution in [2.24, 2.45) is 0 Å². The van der Waals surface area contributed by atoms with Gasteiger partial charge in [-0.15, -0.1) is 0 Å². The van der Waals surface area contributed by atoms with Gasteiger partial charge in [-0.05, 0) is 79.9 Å². The van der Waals surface area contributed by atoms with Crippen LogP contribution in [0.1, 0.15) is 39.0 Å². The number of amides is 1. The van der Waals surface area contributed by atoms with Gasteiger partial charge in [-0.1, -0.05) is 43.5 Å². The molecule has 41 heavy (non-hydrogen) atoms. The molecular weight excluding hydrogens is 564 g/mol. The lowest BCUT2D eigenvalue weighted by molar-refractivity contribution is -0.122. The zero-order valence-corrected chi connectivity index (χ0v) is 24.2. The molecule has 4 aromatic rings. The number of fused-ring (bicyclic) bond motifs is 1. The summed E-state index contributed by atoms with van der Waals surface area (Å²) in [5.41, 5.74) is 0.979. The number of para-hydroxylation sites is 1. The maximum absolute atomic E-state index is 13.5. The minimum atomic E-state index is -3.61. The van der Waals surface area contributed by atoms with Gasteiger partial charge in [0.05, 0.1) is 10.3 Å². The topological polar surface area (TPSA) is 106 Å². The Bertz CT molecular complexity index is 1690. The van der Waals surface area contributed by atoms with Crippen molar-refractivity contribution in [1.82, 2.24) is 4.31 Å².